The Balaban J connectivity index is 2.31. The molecule has 1 aromatic heterocycles. The van der Waals surface area contributed by atoms with Crippen LogP contribution in [0.4, 0.5) is 4.39 Å². The Labute approximate surface area is 132 Å². The van der Waals surface area contributed by atoms with Crippen molar-refractivity contribution in [3.63, 3.8) is 0 Å². The third-order valence-corrected chi connectivity index (χ3v) is 4.37. The molecule has 0 saturated heterocycles. The molecule has 21 heavy (non-hydrogen) atoms. The first-order chi connectivity index (χ1) is 9.82. The van der Waals surface area contributed by atoms with Crippen LogP contribution in [0, 0.1) is 5.82 Å². The number of nitrogens with one attached hydrogen (secondary N) is 1. The van der Waals surface area contributed by atoms with Gasteiger partial charge in [-0.25, -0.2) is 4.39 Å². The summed E-state index contributed by atoms with van der Waals surface area (Å²) in [5, 5.41) is 4.61. The van der Waals surface area contributed by atoms with Gasteiger partial charge < -0.3 is 0 Å². The van der Waals surface area contributed by atoms with Crippen molar-refractivity contribution in [3.8, 4) is 0 Å². The highest BCUT2D eigenvalue weighted by Gasteiger charge is 2.27. The van der Waals surface area contributed by atoms with E-state index in [0.29, 0.717) is 11.4 Å². The van der Waals surface area contributed by atoms with Crippen LogP contribution in [0.3, 0.4) is 0 Å². The molecule has 114 valence electrons. The van der Waals surface area contributed by atoms with E-state index in [1.54, 1.807) is 6.07 Å². The second-order valence-electron chi connectivity index (χ2n) is 5.89. The summed E-state index contributed by atoms with van der Waals surface area (Å²) >= 11 is 7.40. The van der Waals surface area contributed by atoms with Gasteiger partial charge in [0, 0.05) is 10.4 Å². The van der Waals surface area contributed by atoms with Crippen LogP contribution in [0.2, 0.25) is 5.02 Å². The van der Waals surface area contributed by atoms with Gasteiger partial charge in [-0.2, -0.15) is 0 Å². The lowest BCUT2D eigenvalue weighted by Gasteiger charge is -2.21. The number of hydrogen-bond acceptors (Lipinski definition) is 5. The molecule has 7 heteroatoms. The molecular weight excluding hydrogens is 311 g/mol. The third-order valence-electron chi connectivity index (χ3n) is 3.18. The molecule has 0 aliphatic heterocycles. The van der Waals surface area contributed by atoms with Gasteiger partial charge in [-0.3, -0.25) is 11.3 Å². The van der Waals surface area contributed by atoms with E-state index in [-0.39, 0.29) is 17.3 Å². The van der Waals surface area contributed by atoms with E-state index in [1.165, 1.54) is 23.7 Å². The van der Waals surface area contributed by atoms with Crippen LogP contribution >= 0.6 is 23.1 Å². The zero-order chi connectivity index (χ0) is 15.6. The average Bonchev–Trinajstić information content (AvgIpc) is 2.87. The van der Waals surface area contributed by atoms with Crippen molar-refractivity contribution in [1.29, 1.82) is 0 Å². The van der Waals surface area contributed by atoms with Gasteiger partial charge in [0.15, 0.2) is 0 Å². The molecule has 1 unspecified atom stereocenters. The van der Waals surface area contributed by atoms with Gasteiger partial charge in [0.05, 0.1) is 16.6 Å². The molecule has 1 aromatic carbocycles. The Morgan fingerprint density at radius 2 is 2.14 bits per heavy atom. The van der Waals surface area contributed by atoms with Crippen molar-refractivity contribution in [2.45, 2.75) is 38.6 Å². The van der Waals surface area contributed by atoms with Crippen LogP contribution < -0.4 is 11.3 Å². The maximum Gasteiger partial charge on any atom is 0.124 e. The predicted molar refractivity (Wildman–Crippen MR) is 83.8 cm³/mol. The van der Waals surface area contributed by atoms with E-state index in [1.807, 2.05) is 0 Å². The van der Waals surface area contributed by atoms with Gasteiger partial charge in [0.2, 0.25) is 0 Å². The van der Waals surface area contributed by atoms with E-state index in [0.717, 1.165) is 16.1 Å². The summed E-state index contributed by atoms with van der Waals surface area (Å²) in [6, 6.07) is 4.21. The number of nitrogens with two attached hydrogens (primary N) is 1. The number of hydrazine groups is 1. The summed E-state index contributed by atoms with van der Waals surface area (Å²) in [5.74, 6) is 5.34. The summed E-state index contributed by atoms with van der Waals surface area (Å²) < 4.78 is 17.2. The Hall–Kier alpha value is -1.08. The number of benzene rings is 1. The van der Waals surface area contributed by atoms with E-state index in [2.05, 4.69) is 35.8 Å². The van der Waals surface area contributed by atoms with E-state index >= 15 is 0 Å². The largest absolute Gasteiger partial charge is 0.271 e. The molecule has 0 fully saturated rings. The highest BCUT2D eigenvalue weighted by molar-refractivity contribution is 7.05. The van der Waals surface area contributed by atoms with Gasteiger partial charge in [-0.1, -0.05) is 42.9 Å². The zero-order valence-electron chi connectivity index (χ0n) is 12.2. The molecule has 0 radical (unpaired) electrons. The molecule has 1 heterocycles. The van der Waals surface area contributed by atoms with E-state index in [9.17, 15) is 4.39 Å². The fourth-order valence-electron chi connectivity index (χ4n) is 2.08. The van der Waals surface area contributed by atoms with Crippen molar-refractivity contribution in [3.05, 3.63) is 45.2 Å². The lowest BCUT2D eigenvalue weighted by atomic mass is 9.89. The lowest BCUT2D eigenvalue weighted by molar-refractivity contribution is 0.515. The Morgan fingerprint density at radius 3 is 2.71 bits per heavy atom. The van der Waals surface area contributed by atoms with Crippen LogP contribution in [0.25, 0.3) is 0 Å². The third kappa shape index (κ3) is 3.77. The molecule has 3 N–H and O–H groups in total. The smallest absolute Gasteiger partial charge is 0.124 e. The summed E-state index contributed by atoms with van der Waals surface area (Å²) in [7, 11) is 0. The summed E-state index contributed by atoms with van der Waals surface area (Å²) in [6.07, 6.45) is 0.544. The molecule has 0 bridgehead atoms. The fraction of sp³-hybridized carbons (Fsp3) is 0.429. The topological polar surface area (TPSA) is 63.8 Å². The average molecular weight is 329 g/mol. The molecule has 0 saturated carbocycles. The second-order valence-corrected chi connectivity index (χ2v) is 7.09. The molecule has 2 rings (SSSR count). The monoisotopic (exact) mass is 328 g/mol. The Morgan fingerprint density at radius 1 is 1.43 bits per heavy atom. The predicted octanol–water partition coefficient (Wildman–Crippen LogP) is 3.38. The van der Waals surface area contributed by atoms with Crippen molar-refractivity contribution >= 4 is 23.1 Å². The molecular formula is C14H18ClFN4S. The van der Waals surface area contributed by atoms with Crippen molar-refractivity contribution in [2.75, 3.05) is 0 Å². The molecule has 0 amide bonds. The highest BCUT2D eigenvalue weighted by Crippen LogP contribution is 2.32. The molecule has 0 spiro atoms. The van der Waals surface area contributed by atoms with Crippen LogP contribution in [0.5, 0.6) is 0 Å². The van der Waals surface area contributed by atoms with Crippen LogP contribution in [-0.4, -0.2) is 9.59 Å². The van der Waals surface area contributed by atoms with Gasteiger partial charge in [0.25, 0.3) is 0 Å². The minimum atomic E-state index is -0.351. The molecule has 0 aliphatic rings. The van der Waals surface area contributed by atoms with Gasteiger partial charge in [-0.05, 0) is 35.6 Å². The summed E-state index contributed by atoms with van der Waals surface area (Å²) in [6.45, 7) is 6.23. The minimum absolute atomic E-state index is 0.121. The van der Waals surface area contributed by atoms with Crippen molar-refractivity contribution in [1.82, 2.24) is 15.0 Å². The van der Waals surface area contributed by atoms with Gasteiger partial charge >= 0.3 is 0 Å². The number of rotatable bonds is 4. The van der Waals surface area contributed by atoms with Gasteiger partial charge in [0.1, 0.15) is 5.82 Å². The van der Waals surface area contributed by atoms with Crippen LogP contribution in [0.15, 0.2) is 18.2 Å². The summed E-state index contributed by atoms with van der Waals surface area (Å²) in [5.41, 5.74) is 4.40. The maximum atomic E-state index is 13.1. The molecule has 0 aliphatic carbocycles. The SMILES string of the molecule is CC(C)(C)c1nnsc1C(Cc1ccc(F)cc1Cl)NN. The number of hydrogen-bond donors (Lipinski definition) is 2. The lowest BCUT2D eigenvalue weighted by Crippen LogP contribution is -2.31. The minimum Gasteiger partial charge on any atom is -0.271 e. The van der Waals surface area contributed by atoms with Crippen LogP contribution in [0.1, 0.15) is 42.9 Å². The van der Waals surface area contributed by atoms with E-state index in [4.69, 9.17) is 17.4 Å². The summed E-state index contributed by atoms with van der Waals surface area (Å²) in [4.78, 5) is 0.977. The molecule has 2 aromatic rings. The number of nitrogens with zero attached hydrogens (tertiary/aromatic N) is 2. The maximum absolute atomic E-state index is 13.1. The first-order valence-corrected chi connectivity index (χ1v) is 7.71. The van der Waals surface area contributed by atoms with Crippen molar-refractivity contribution in [2.24, 2.45) is 5.84 Å². The van der Waals surface area contributed by atoms with E-state index < -0.39 is 0 Å². The second kappa shape index (κ2) is 6.36. The fourth-order valence-corrected chi connectivity index (χ4v) is 3.25. The molecule has 4 nitrogen and oxygen atoms in total. The molecule has 1 atom stereocenters. The highest BCUT2D eigenvalue weighted by atomic mass is 35.5. The Bertz CT molecular complexity index is 624. The van der Waals surface area contributed by atoms with Crippen molar-refractivity contribution < 1.29 is 4.39 Å². The standard InChI is InChI=1S/C14H18ClFN4S/c1-14(2,3)13-12(21-20-19-13)11(18-17)6-8-4-5-9(16)7-10(8)15/h4-5,7,11,18H,6,17H2,1-3H3. The quantitative estimate of drug-likeness (QED) is 0.667. The number of aromatic nitrogens is 2. The van der Waals surface area contributed by atoms with Crippen LogP contribution in [-0.2, 0) is 11.8 Å². The Kier molecular flexibility index (Phi) is 4.93. The first-order valence-electron chi connectivity index (χ1n) is 6.55. The zero-order valence-corrected chi connectivity index (χ0v) is 13.7. The normalized spacial score (nSPS) is 13.4. The van der Waals surface area contributed by atoms with Gasteiger partial charge in [-0.15, -0.1) is 5.10 Å². The number of halogens is 2. The first kappa shape index (κ1) is 16.3.